The first-order chi connectivity index (χ1) is 12.5. The van der Waals surface area contributed by atoms with Crippen LogP contribution >= 0.6 is 0 Å². The van der Waals surface area contributed by atoms with Crippen molar-refractivity contribution in [2.75, 3.05) is 26.2 Å². The van der Waals surface area contributed by atoms with E-state index in [0.29, 0.717) is 36.0 Å². The highest BCUT2D eigenvalue weighted by Gasteiger charge is 2.12. The van der Waals surface area contributed by atoms with Gasteiger partial charge in [-0.2, -0.15) is 0 Å². The molecule has 26 heavy (non-hydrogen) atoms. The second-order valence-electron chi connectivity index (χ2n) is 5.88. The quantitative estimate of drug-likeness (QED) is 0.342. The molecule has 7 heteroatoms. The van der Waals surface area contributed by atoms with Gasteiger partial charge >= 0.3 is 0 Å². The molecule has 2 aromatic rings. The number of nitrogens with zero attached hydrogens (tertiary/aromatic N) is 1. The average Bonchev–Trinajstić information content (AvgIpc) is 2.65. The minimum absolute atomic E-state index is 0. The van der Waals surface area contributed by atoms with Crippen molar-refractivity contribution in [2.24, 2.45) is 0 Å². The van der Waals surface area contributed by atoms with Crippen LogP contribution in [0.3, 0.4) is 0 Å². The van der Waals surface area contributed by atoms with E-state index in [9.17, 15) is 4.39 Å². The monoisotopic (exact) mass is 364 g/mol. The van der Waals surface area contributed by atoms with Gasteiger partial charge in [-0.25, -0.2) is 9.37 Å². The Morgan fingerprint density at radius 2 is 2.19 bits per heavy atom. The summed E-state index contributed by atoms with van der Waals surface area (Å²) in [5.74, 6) is -0.405. The number of pyridine rings is 1. The topological polar surface area (TPSA) is 93.2 Å². The van der Waals surface area contributed by atoms with Crippen molar-refractivity contribution < 1.29 is 16.7 Å². The molecule has 0 bridgehead atoms. The highest BCUT2D eigenvalue weighted by atomic mass is 19.1. The Kier molecular flexibility index (Phi) is 7.65. The summed E-state index contributed by atoms with van der Waals surface area (Å²) in [7, 11) is 1.67. The number of aromatic nitrogens is 1. The smallest absolute Gasteiger partial charge is 0.123 e. The Bertz CT molecular complexity index is 750. The van der Waals surface area contributed by atoms with Crippen LogP contribution in [0, 0.1) is 11.2 Å². The molecule has 144 valence electrons. The number of ether oxygens (including phenoxy) is 2. The van der Waals surface area contributed by atoms with E-state index in [0.717, 1.165) is 6.42 Å². The summed E-state index contributed by atoms with van der Waals surface area (Å²) in [6, 6.07) is 9.50. The summed E-state index contributed by atoms with van der Waals surface area (Å²) in [6.07, 6.45) is 0.937. The predicted molar refractivity (Wildman–Crippen MR) is 104 cm³/mol. The molecule has 0 amide bonds. The molecule has 0 aliphatic heterocycles. The molecular formula is C19H29FN4O2. The van der Waals surface area contributed by atoms with Gasteiger partial charge in [0.05, 0.1) is 37.0 Å². The number of halogens is 1. The Morgan fingerprint density at radius 3 is 2.88 bits per heavy atom. The number of nitrogens with one attached hydrogen (secondary N) is 2. The van der Waals surface area contributed by atoms with Gasteiger partial charge in [-0.3, -0.25) is 10.7 Å². The lowest BCUT2D eigenvalue weighted by Gasteiger charge is -2.16. The van der Waals surface area contributed by atoms with E-state index in [4.69, 9.17) is 20.6 Å². The molecule has 0 aliphatic rings. The van der Waals surface area contributed by atoms with Crippen LogP contribution in [0.25, 0.3) is 0 Å². The fraction of sp³-hybridized carbons (Fsp3) is 0.368. The summed E-state index contributed by atoms with van der Waals surface area (Å²) < 4.78 is 24.1. The maximum atomic E-state index is 13.4. The van der Waals surface area contributed by atoms with E-state index in [-0.39, 0.29) is 21.2 Å². The van der Waals surface area contributed by atoms with Crippen LogP contribution in [0.4, 0.5) is 10.1 Å². The van der Waals surface area contributed by atoms with Gasteiger partial charge in [-0.15, -0.1) is 0 Å². The first-order valence-corrected chi connectivity index (χ1v) is 8.45. The molecule has 1 unspecified atom stereocenters. The molecule has 0 spiro atoms. The summed E-state index contributed by atoms with van der Waals surface area (Å²) in [6.45, 7) is 3.34. The largest absolute Gasteiger partial charge is 0.397 e. The molecule has 0 saturated carbocycles. The zero-order valence-electron chi connectivity index (χ0n) is 15.1. The van der Waals surface area contributed by atoms with Gasteiger partial charge in [0.1, 0.15) is 11.5 Å². The van der Waals surface area contributed by atoms with Crippen LogP contribution in [-0.2, 0) is 16.1 Å². The number of nitrogen functional groups attached to an aromatic ring is 1. The minimum Gasteiger partial charge on any atom is -0.397 e. The Morgan fingerprint density at radius 1 is 1.38 bits per heavy atom. The minimum atomic E-state index is -0.405. The molecule has 1 aromatic heterocycles. The molecule has 0 aliphatic carbocycles. The first kappa shape index (κ1) is 20.0. The normalized spacial score (nSPS) is 12.1. The standard InChI is InChI=1S/C19H25FN4O2.2H2/c1-3-15(10-25-2)23-12-26-11-16-7-8-17(21)19(24-16)18(22)13-5-4-6-14(20)9-13;;/h4-9,15,22-23H,3,10-12,21H2,1-2H3;2*1H. The van der Waals surface area contributed by atoms with Crippen LogP contribution < -0.4 is 11.1 Å². The van der Waals surface area contributed by atoms with Crippen molar-refractivity contribution >= 4 is 11.4 Å². The van der Waals surface area contributed by atoms with Gasteiger partial charge in [0.2, 0.25) is 0 Å². The lowest BCUT2D eigenvalue weighted by atomic mass is 10.1. The Hall–Kier alpha value is -2.35. The Balaban J connectivity index is 0.00000364. The van der Waals surface area contributed by atoms with Crippen molar-refractivity contribution in [1.29, 1.82) is 5.41 Å². The molecule has 4 N–H and O–H groups in total. The highest BCUT2D eigenvalue weighted by Crippen LogP contribution is 2.16. The zero-order valence-corrected chi connectivity index (χ0v) is 15.1. The molecule has 6 nitrogen and oxygen atoms in total. The van der Waals surface area contributed by atoms with Gasteiger partial charge in [-0.1, -0.05) is 19.1 Å². The van der Waals surface area contributed by atoms with Crippen molar-refractivity contribution in [3.8, 4) is 0 Å². The Labute approximate surface area is 156 Å². The van der Waals surface area contributed by atoms with Crippen LogP contribution in [0.2, 0.25) is 0 Å². The third-order valence-electron chi connectivity index (χ3n) is 3.92. The second kappa shape index (κ2) is 9.96. The molecule has 1 aromatic carbocycles. The number of nitrogens with two attached hydrogens (primary N) is 1. The molecule has 1 heterocycles. The molecule has 0 radical (unpaired) electrons. The summed E-state index contributed by atoms with van der Waals surface area (Å²) >= 11 is 0. The van der Waals surface area contributed by atoms with Gasteiger partial charge in [0.25, 0.3) is 0 Å². The molecule has 0 fully saturated rings. The number of benzene rings is 1. The summed E-state index contributed by atoms with van der Waals surface area (Å²) in [5.41, 5.74) is 7.78. The maximum absolute atomic E-state index is 13.4. The summed E-state index contributed by atoms with van der Waals surface area (Å²) in [5, 5.41) is 11.5. The predicted octanol–water partition coefficient (Wildman–Crippen LogP) is 3.20. The van der Waals surface area contributed by atoms with E-state index in [1.54, 1.807) is 31.4 Å². The van der Waals surface area contributed by atoms with Crippen LogP contribution in [0.1, 0.15) is 33.1 Å². The lowest BCUT2D eigenvalue weighted by molar-refractivity contribution is 0.0766. The van der Waals surface area contributed by atoms with Crippen LogP contribution in [0.5, 0.6) is 0 Å². The van der Waals surface area contributed by atoms with Gasteiger partial charge in [0.15, 0.2) is 0 Å². The first-order valence-electron chi connectivity index (χ1n) is 8.45. The molecular weight excluding hydrogens is 335 g/mol. The van der Waals surface area contributed by atoms with E-state index < -0.39 is 5.82 Å². The molecule has 2 rings (SSSR count). The third-order valence-corrected chi connectivity index (χ3v) is 3.92. The fourth-order valence-corrected chi connectivity index (χ4v) is 2.43. The average molecular weight is 364 g/mol. The molecule has 1 atom stereocenters. The van der Waals surface area contributed by atoms with Crippen LogP contribution in [-0.4, -0.2) is 37.2 Å². The third kappa shape index (κ3) is 5.59. The van der Waals surface area contributed by atoms with Gasteiger partial charge in [0, 0.05) is 21.6 Å². The molecule has 0 saturated heterocycles. The van der Waals surface area contributed by atoms with E-state index in [2.05, 4.69) is 17.2 Å². The van der Waals surface area contributed by atoms with Gasteiger partial charge < -0.3 is 15.2 Å². The number of rotatable bonds is 10. The fourth-order valence-electron chi connectivity index (χ4n) is 2.43. The zero-order chi connectivity index (χ0) is 18.9. The highest BCUT2D eigenvalue weighted by molar-refractivity contribution is 6.12. The maximum Gasteiger partial charge on any atom is 0.123 e. The van der Waals surface area contributed by atoms with Crippen molar-refractivity contribution in [3.63, 3.8) is 0 Å². The van der Waals surface area contributed by atoms with E-state index in [1.807, 2.05) is 0 Å². The SMILES string of the molecule is CCC(COC)NCOCc1ccc(N)c(C(=N)c2cccc(F)c2)n1.[HH].[HH]. The number of methoxy groups -OCH3 is 1. The van der Waals surface area contributed by atoms with Crippen LogP contribution in [0.15, 0.2) is 36.4 Å². The number of hydrogen-bond acceptors (Lipinski definition) is 6. The second-order valence-corrected chi connectivity index (χ2v) is 5.88. The number of anilines is 1. The van der Waals surface area contributed by atoms with Crippen molar-refractivity contribution in [2.45, 2.75) is 26.0 Å². The van der Waals surface area contributed by atoms with E-state index >= 15 is 0 Å². The number of hydrogen-bond donors (Lipinski definition) is 3. The lowest BCUT2D eigenvalue weighted by Crippen LogP contribution is -2.34. The van der Waals surface area contributed by atoms with E-state index in [1.165, 1.54) is 12.1 Å². The van der Waals surface area contributed by atoms with Gasteiger partial charge in [-0.05, 0) is 30.7 Å². The summed E-state index contributed by atoms with van der Waals surface area (Å²) in [4.78, 5) is 4.40. The van der Waals surface area contributed by atoms with Crippen molar-refractivity contribution in [1.82, 2.24) is 10.3 Å². The van der Waals surface area contributed by atoms with Crippen molar-refractivity contribution in [3.05, 3.63) is 59.2 Å².